The summed E-state index contributed by atoms with van der Waals surface area (Å²) in [5, 5.41) is 8.69. The summed E-state index contributed by atoms with van der Waals surface area (Å²) >= 11 is 6.30. The predicted molar refractivity (Wildman–Crippen MR) is 100 cm³/mol. The van der Waals surface area contributed by atoms with Crippen LogP contribution in [0.4, 0.5) is 0 Å². The highest BCUT2D eigenvalue weighted by atomic mass is 35.5. The van der Waals surface area contributed by atoms with Crippen molar-refractivity contribution in [3.8, 4) is 5.75 Å². The van der Waals surface area contributed by atoms with Gasteiger partial charge in [-0.05, 0) is 24.6 Å². The molecule has 0 saturated carbocycles. The van der Waals surface area contributed by atoms with Crippen LogP contribution >= 0.6 is 24.0 Å². The van der Waals surface area contributed by atoms with Gasteiger partial charge in [0, 0.05) is 22.6 Å². The highest BCUT2D eigenvalue weighted by Gasteiger charge is 2.28. The summed E-state index contributed by atoms with van der Waals surface area (Å²) < 4.78 is 6.14. The molecule has 0 spiro atoms. The first-order chi connectivity index (χ1) is 11.1. The van der Waals surface area contributed by atoms with Gasteiger partial charge < -0.3 is 16.2 Å². The number of ether oxygens (including phenoxy) is 1. The largest absolute Gasteiger partial charge is 0.485 e. The number of benzene rings is 2. The lowest BCUT2D eigenvalue weighted by molar-refractivity contribution is 0.206. The molecule has 1 heterocycles. The van der Waals surface area contributed by atoms with Crippen molar-refractivity contribution in [3.05, 3.63) is 64.2 Å². The summed E-state index contributed by atoms with van der Waals surface area (Å²) in [6.07, 6.45) is 0.309. The van der Waals surface area contributed by atoms with Crippen LogP contribution in [-0.2, 0) is 0 Å². The highest BCUT2D eigenvalue weighted by Crippen LogP contribution is 2.38. The second-order valence-corrected chi connectivity index (χ2v) is 5.76. The van der Waals surface area contributed by atoms with Gasteiger partial charge in [-0.15, -0.1) is 17.5 Å². The van der Waals surface area contributed by atoms with E-state index in [9.17, 15) is 0 Å². The third kappa shape index (κ3) is 3.63. The summed E-state index contributed by atoms with van der Waals surface area (Å²) in [4.78, 5) is 0. The number of guanidine groups is 1. The van der Waals surface area contributed by atoms with Crippen molar-refractivity contribution in [3.63, 3.8) is 0 Å². The molecule has 24 heavy (non-hydrogen) atoms. The zero-order chi connectivity index (χ0) is 16.4. The number of nitrogens with zero attached hydrogens (tertiary/aromatic N) is 2. The first-order valence-corrected chi connectivity index (χ1v) is 7.60. The van der Waals surface area contributed by atoms with Crippen molar-refractivity contribution >= 4 is 35.7 Å². The molecule has 5 nitrogen and oxygen atoms in total. The maximum Gasteiger partial charge on any atom is 0.211 e. The van der Waals surface area contributed by atoms with Gasteiger partial charge in [-0.3, -0.25) is 0 Å². The molecule has 0 amide bonds. The molecular formula is C17H18Cl2N4O. The molecule has 126 valence electrons. The second kappa shape index (κ2) is 7.55. The van der Waals surface area contributed by atoms with Crippen molar-refractivity contribution in [2.24, 2.45) is 21.7 Å². The van der Waals surface area contributed by atoms with Crippen molar-refractivity contribution < 1.29 is 4.74 Å². The van der Waals surface area contributed by atoms with E-state index in [4.69, 9.17) is 27.8 Å². The second-order valence-electron chi connectivity index (χ2n) is 5.35. The van der Waals surface area contributed by atoms with E-state index in [0.717, 1.165) is 28.2 Å². The number of fused-ring (bicyclic) bond motifs is 1. The Morgan fingerprint density at radius 1 is 1.17 bits per heavy atom. The Labute approximate surface area is 151 Å². The van der Waals surface area contributed by atoms with Gasteiger partial charge in [-0.1, -0.05) is 41.9 Å². The first kappa shape index (κ1) is 18.1. The fourth-order valence-corrected chi connectivity index (χ4v) is 2.96. The van der Waals surface area contributed by atoms with Gasteiger partial charge in [-0.25, -0.2) is 0 Å². The minimum Gasteiger partial charge on any atom is -0.485 e. The SMILES string of the molecule is Cc1cccc2c1/C(=N/N=C(N)N)CC(c1ccccc1Cl)O2.Cl. The first-order valence-electron chi connectivity index (χ1n) is 7.23. The van der Waals surface area contributed by atoms with Gasteiger partial charge in [0.25, 0.3) is 0 Å². The van der Waals surface area contributed by atoms with Crippen LogP contribution in [0.15, 0.2) is 52.7 Å². The summed E-state index contributed by atoms with van der Waals surface area (Å²) in [7, 11) is 0. The van der Waals surface area contributed by atoms with E-state index in [-0.39, 0.29) is 24.5 Å². The third-order valence-electron chi connectivity index (χ3n) is 3.71. The minimum atomic E-state index is -0.231. The lowest BCUT2D eigenvalue weighted by Crippen LogP contribution is -2.24. The molecule has 7 heteroatoms. The number of halogens is 2. The number of hydrogen-bond donors (Lipinski definition) is 2. The van der Waals surface area contributed by atoms with Crippen LogP contribution in [0.3, 0.4) is 0 Å². The van der Waals surface area contributed by atoms with Crippen molar-refractivity contribution in [2.45, 2.75) is 19.4 Å². The average Bonchev–Trinajstić information content (AvgIpc) is 2.53. The van der Waals surface area contributed by atoms with Gasteiger partial charge in [0.2, 0.25) is 5.96 Å². The molecule has 1 atom stereocenters. The standard InChI is InChI=1S/C17H17ClN4O.ClH/c1-10-5-4-8-14-16(10)13(21-22-17(19)20)9-15(23-14)11-6-2-3-7-12(11)18;/h2-8,15H,9H2,1H3,(H4,19,20,22);1H/b21-13+;. The Balaban J connectivity index is 0.00000208. The molecule has 0 saturated heterocycles. The normalized spacial score (nSPS) is 17.4. The molecule has 2 aromatic carbocycles. The number of hydrogen-bond acceptors (Lipinski definition) is 3. The van der Waals surface area contributed by atoms with Crippen LogP contribution in [0.5, 0.6) is 5.75 Å². The quantitative estimate of drug-likeness (QED) is 0.485. The molecule has 1 aliphatic heterocycles. The summed E-state index contributed by atoms with van der Waals surface area (Å²) in [6, 6.07) is 13.5. The van der Waals surface area contributed by atoms with Crippen LogP contribution in [0.1, 0.15) is 29.2 Å². The van der Waals surface area contributed by atoms with Gasteiger partial charge >= 0.3 is 0 Å². The Kier molecular flexibility index (Phi) is 5.70. The predicted octanol–water partition coefficient (Wildman–Crippen LogP) is 3.57. The van der Waals surface area contributed by atoms with E-state index in [1.165, 1.54) is 0 Å². The number of aryl methyl sites for hydroxylation is 1. The maximum absolute atomic E-state index is 6.30. The van der Waals surface area contributed by atoms with Gasteiger partial charge in [0.15, 0.2) is 0 Å². The molecule has 3 rings (SSSR count). The molecule has 0 radical (unpaired) electrons. The Morgan fingerprint density at radius 3 is 2.62 bits per heavy atom. The summed E-state index contributed by atoms with van der Waals surface area (Å²) in [5.41, 5.74) is 14.5. The van der Waals surface area contributed by atoms with Crippen molar-refractivity contribution in [1.82, 2.24) is 0 Å². The van der Waals surface area contributed by atoms with Gasteiger partial charge in [0.05, 0.1) is 5.71 Å². The minimum absolute atomic E-state index is 0. The number of rotatable bonds is 2. The molecule has 0 aromatic heterocycles. The lowest BCUT2D eigenvalue weighted by Gasteiger charge is -2.28. The summed E-state index contributed by atoms with van der Waals surface area (Å²) in [5.74, 6) is 0.680. The van der Waals surface area contributed by atoms with E-state index < -0.39 is 0 Å². The molecule has 4 N–H and O–H groups in total. The number of nitrogens with two attached hydrogens (primary N) is 2. The monoisotopic (exact) mass is 364 g/mol. The maximum atomic E-state index is 6.30. The Bertz CT molecular complexity index is 801. The fraction of sp³-hybridized carbons (Fsp3) is 0.176. The molecular weight excluding hydrogens is 347 g/mol. The van der Waals surface area contributed by atoms with Crippen LogP contribution in [0.25, 0.3) is 0 Å². The van der Waals surface area contributed by atoms with Crippen LogP contribution in [0, 0.1) is 6.92 Å². The molecule has 0 aliphatic carbocycles. The van der Waals surface area contributed by atoms with E-state index in [2.05, 4.69) is 10.2 Å². The lowest BCUT2D eigenvalue weighted by atomic mass is 9.93. The van der Waals surface area contributed by atoms with E-state index in [1.807, 2.05) is 49.4 Å². The van der Waals surface area contributed by atoms with E-state index in [0.29, 0.717) is 11.4 Å². The van der Waals surface area contributed by atoms with Crippen molar-refractivity contribution in [2.75, 3.05) is 0 Å². The smallest absolute Gasteiger partial charge is 0.211 e. The average molecular weight is 365 g/mol. The van der Waals surface area contributed by atoms with Crippen LogP contribution in [-0.4, -0.2) is 11.7 Å². The van der Waals surface area contributed by atoms with E-state index in [1.54, 1.807) is 0 Å². The molecule has 2 aromatic rings. The van der Waals surface area contributed by atoms with Crippen molar-refractivity contribution in [1.29, 1.82) is 0 Å². The van der Waals surface area contributed by atoms with Crippen LogP contribution < -0.4 is 16.2 Å². The Morgan fingerprint density at radius 2 is 1.92 bits per heavy atom. The highest BCUT2D eigenvalue weighted by molar-refractivity contribution is 6.31. The molecule has 1 unspecified atom stereocenters. The zero-order valence-corrected chi connectivity index (χ0v) is 14.6. The van der Waals surface area contributed by atoms with Crippen LogP contribution in [0.2, 0.25) is 5.02 Å². The molecule has 0 bridgehead atoms. The third-order valence-corrected chi connectivity index (χ3v) is 4.05. The topological polar surface area (TPSA) is 86.0 Å². The van der Waals surface area contributed by atoms with Gasteiger partial charge in [-0.2, -0.15) is 5.10 Å². The Hall–Kier alpha value is -2.24. The summed E-state index contributed by atoms with van der Waals surface area (Å²) in [6.45, 7) is 2.00. The molecule has 1 aliphatic rings. The van der Waals surface area contributed by atoms with Gasteiger partial charge in [0.1, 0.15) is 11.9 Å². The zero-order valence-electron chi connectivity index (χ0n) is 13.1. The fourth-order valence-electron chi connectivity index (χ4n) is 2.70. The molecule has 0 fully saturated rings. The van der Waals surface area contributed by atoms with E-state index >= 15 is 0 Å².